The third-order valence-electron chi connectivity index (χ3n) is 3.13. The molecule has 8 heteroatoms. The van der Waals surface area contributed by atoms with Crippen LogP contribution < -0.4 is 5.32 Å². The molecule has 0 unspecified atom stereocenters. The highest BCUT2D eigenvalue weighted by atomic mass is 19.4. The Morgan fingerprint density at radius 1 is 1.17 bits per heavy atom. The number of hydrogen-bond acceptors (Lipinski definition) is 4. The summed E-state index contributed by atoms with van der Waals surface area (Å²) in [6.45, 7) is 5.61. The predicted molar refractivity (Wildman–Crippen MR) is 77.0 cm³/mol. The summed E-state index contributed by atoms with van der Waals surface area (Å²) in [6, 6.07) is 5.86. The van der Waals surface area contributed by atoms with Gasteiger partial charge in [-0.1, -0.05) is 24.3 Å². The number of nitrogens with zero attached hydrogens (tertiary/aromatic N) is 2. The van der Waals surface area contributed by atoms with Crippen LogP contribution in [0.25, 0.3) is 0 Å². The third kappa shape index (κ3) is 4.20. The summed E-state index contributed by atoms with van der Waals surface area (Å²) in [6.07, 6.45) is -4.57. The molecule has 0 spiro atoms. The van der Waals surface area contributed by atoms with Crippen molar-refractivity contribution >= 4 is 6.09 Å². The van der Waals surface area contributed by atoms with Crippen LogP contribution in [0.1, 0.15) is 31.9 Å². The second kappa shape index (κ2) is 5.82. The van der Waals surface area contributed by atoms with Gasteiger partial charge in [0.05, 0.1) is 0 Å². The molecule has 1 heterocycles. The summed E-state index contributed by atoms with van der Waals surface area (Å²) >= 11 is 0. The fourth-order valence-electron chi connectivity index (χ4n) is 1.97. The molecule has 0 atom stereocenters. The maximum Gasteiger partial charge on any atom is 0.442 e. The minimum atomic E-state index is -4.52. The Morgan fingerprint density at radius 3 is 2.17 bits per heavy atom. The molecule has 1 aromatic rings. The number of rotatable bonds is 4. The van der Waals surface area contributed by atoms with Gasteiger partial charge in [-0.3, -0.25) is 0 Å². The molecule has 1 aromatic carbocycles. The first-order valence-corrected chi connectivity index (χ1v) is 7.11. The molecule has 0 radical (unpaired) electrons. The first kappa shape index (κ1) is 17.2. The van der Waals surface area contributed by atoms with Crippen LogP contribution in [-0.4, -0.2) is 24.4 Å². The van der Waals surface area contributed by atoms with Crippen molar-refractivity contribution in [3.63, 3.8) is 0 Å². The summed E-state index contributed by atoms with van der Waals surface area (Å²) in [5, 5.41) is 8.89. The molecule has 1 aliphatic rings. The van der Waals surface area contributed by atoms with E-state index in [1.165, 1.54) is 12.1 Å². The minimum Gasteiger partial charge on any atom is -0.444 e. The summed E-state index contributed by atoms with van der Waals surface area (Å²) < 4.78 is 43.7. The number of nitrogens with one attached hydrogen (secondary N) is 1. The number of ether oxygens (including phenoxy) is 1. The Hall–Kier alpha value is -2.12. The number of benzene rings is 1. The normalized spacial score (nSPS) is 16.1. The van der Waals surface area contributed by atoms with E-state index in [1.54, 1.807) is 32.9 Å². The van der Waals surface area contributed by atoms with E-state index < -0.39 is 23.5 Å². The number of carbonyl (C=O) groups excluding carboxylic acids is 1. The van der Waals surface area contributed by atoms with Crippen LogP contribution >= 0.6 is 0 Å². The zero-order valence-electron chi connectivity index (χ0n) is 13.1. The van der Waals surface area contributed by atoms with Crippen LogP contribution in [0.3, 0.4) is 0 Å². The molecular formula is C15H18F3N3O2. The van der Waals surface area contributed by atoms with E-state index in [9.17, 15) is 18.0 Å². The molecular weight excluding hydrogens is 311 g/mol. The van der Waals surface area contributed by atoms with E-state index in [0.717, 1.165) is 5.56 Å². The standard InChI is InChI=1S/C15H18F3N3O2/c1-13(2,3)23-12(22)19-9-8-10-4-6-11(7-5-10)14(20-21-14)15(16,17)18/h4-7H,8-9H2,1-3H3,(H,19,22). The predicted octanol–water partition coefficient (Wildman–Crippen LogP) is 3.93. The van der Waals surface area contributed by atoms with E-state index >= 15 is 0 Å². The van der Waals surface area contributed by atoms with Gasteiger partial charge >= 0.3 is 17.9 Å². The summed E-state index contributed by atoms with van der Waals surface area (Å²) in [7, 11) is 0. The van der Waals surface area contributed by atoms with Crippen molar-refractivity contribution in [2.24, 2.45) is 10.2 Å². The Balaban J connectivity index is 1.86. The molecule has 0 fully saturated rings. The minimum absolute atomic E-state index is 0.00569. The number of hydrogen-bond donors (Lipinski definition) is 1. The van der Waals surface area contributed by atoms with Crippen molar-refractivity contribution < 1.29 is 22.7 Å². The molecule has 1 aliphatic heterocycles. The van der Waals surface area contributed by atoms with E-state index in [4.69, 9.17) is 4.74 Å². The lowest BCUT2D eigenvalue weighted by Gasteiger charge is -2.19. The van der Waals surface area contributed by atoms with Gasteiger partial charge in [0.25, 0.3) is 0 Å². The van der Waals surface area contributed by atoms with Gasteiger partial charge in [0.15, 0.2) is 0 Å². The lowest BCUT2D eigenvalue weighted by molar-refractivity contribution is -0.166. The highest BCUT2D eigenvalue weighted by molar-refractivity contribution is 5.67. The topological polar surface area (TPSA) is 63.0 Å². The second-order valence-corrected chi connectivity index (χ2v) is 6.25. The van der Waals surface area contributed by atoms with Crippen molar-refractivity contribution in [3.05, 3.63) is 35.4 Å². The monoisotopic (exact) mass is 329 g/mol. The zero-order chi connectivity index (χ0) is 17.3. The molecule has 0 saturated heterocycles. The lowest BCUT2D eigenvalue weighted by atomic mass is 10.0. The zero-order valence-corrected chi connectivity index (χ0v) is 13.1. The number of carbonyl (C=O) groups is 1. The van der Waals surface area contributed by atoms with Crippen molar-refractivity contribution in [2.75, 3.05) is 6.54 Å². The first-order valence-electron chi connectivity index (χ1n) is 7.11. The van der Waals surface area contributed by atoms with E-state index in [2.05, 4.69) is 15.5 Å². The van der Waals surface area contributed by atoms with Crippen LogP contribution in [0.15, 0.2) is 34.5 Å². The molecule has 1 amide bonds. The first-order chi connectivity index (χ1) is 10.5. The van der Waals surface area contributed by atoms with Gasteiger partial charge in [0.1, 0.15) is 5.60 Å². The number of amides is 1. The molecule has 0 aromatic heterocycles. The molecule has 0 bridgehead atoms. The maximum atomic E-state index is 12.9. The van der Waals surface area contributed by atoms with Crippen molar-refractivity contribution in [1.29, 1.82) is 0 Å². The second-order valence-electron chi connectivity index (χ2n) is 6.25. The van der Waals surface area contributed by atoms with Crippen LogP contribution in [0, 0.1) is 0 Å². The van der Waals surface area contributed by atoms with Crippen LogP contribution in [0.2, 0.25) is 0 Å². The van der Waals surface area contributed by atoms with Gasteiger partial charge in [0.2, 0.25) is 0 Å². The third-order valence-corrected chi connectivity index (χ3v) is 3.13. The van der Waals surface area contributed by atoms with Crippen LogP contribution in [-0.2, 0) is 16.8 Å². The number of alkyl halides is 3. The van der Waals surface area contributed by atoms with E-state index in [-0.39, 0.29) is 5.56 Å². The molecule has 5 nitrogen and oxygen atoms in total. The van der Waals surface area contributed by atoms with Gasteiger partial charge in [-0.2, -0.15) is 13.2 Å². The summed E-state index contributed by atoms with van der Waals surface area (Å²) in [5.74, 6) is 0. The number of alkyl carbamates (subject to hydrolysis) is 1. The summed E-state index contributed by atoms with van der Waals surface area (Å²) in [4.78, 5) is 11.5. The van der Waals surface area contributed by atoms with Gasteiger partial charge < -0.3 is 10.1 Å². The van der Waals surface area contributed by atoms with E-state index in [1.807, 2.05) is 0 Å². The average Bonchev–Trinajstić information content (AvgIpc) is 3.18. The van der Waals surface area contributed by atoms with Gasteiger partial charge in [-0.05, 0) is 32.8 Å². The lowest BCUT2D eigenvalue weighted by Crippen LogP contribution is -2.33. The van der Waals surface area contributed by atoms with Gasteiger partial charge in [0, 0.05) is 12.1 Å². The highest BCUT2D eigenvalue weighted by Crippen LogP contribution is 2.52. The fourth-order valence-corrected chi connectivity index (χ4v) is 1.97. The van der Waals surface area contributed by atoms with Crippen molar-refractivity contribution in [3.8, 4) is 0 Å². The SMILES string of the molecule is CC(C)(C)OC(=O)NCCc1ccc(C2(C(F)(F)F)N=N2)cc1. The Kier molecular flexibility index (Phi) is 4.37. The Labute approximate surface area is 131 Å². The molecule has 23 heavy (non-hydrogen) atoms. The molecule has 2 rings (SSSR count). The molecule has 0 aliphatic carbocycles. The Morgan fingerprint density at radius 2 is 1.74 bits per heavy atom. The van der Waals surface area contributed by atoms with Crippen LogP contribution in [0.5, 0.6) is 0 Å². The fraction of sp³-hybridized carbons (Fsp3) is 0.533. The van der Waals surface area contributed by atoms with Gasteiger partial charge in [-0.15, -0.1) is 10.2 Å². The molecule has 1 N–H and O–H groups in total. The Bertz CT molecular complexity index is 598. The number of halogens is 3. The quantitative estimate of drug-likeness (QED) is 0.909. The largest absolute Gasteiger partial charge is 0.444 e. The van der Waals surface area contributed by atoms with Crippen molar-refractivity contribution in [2.45, 2.75) is 44.6 Å². The van der Waals surface area contributed by atoms with Gasteiger partial charge in [-0.25, -0.2) is 4.79 Å². The summed E-state index contributed by atoms with van der Waals surface area (Å²) in [5.41, 5.74) is -2.17. The highest BCUT2D eigenvalue weighted by Gasteiger charge is 2.65. The van der Waals surface area contributed by atoms with Crippen LogP contribution in [0.4, 0.5) is 18.0 Å². The van der Waals surface area contributed by atoms with E-state index in [0.29, 0.717) is 13.0 Å². The molecule has 0 saturated carbocycles. The smallest absolute Gasteiger partial charge is 0.442 e. The average molecular weight is 329 g/mol. The van der Waals surface area contributed by atoms with Crippen molar-refractivity contribution in [1.82, 2.24) is 5.32 Å². The molecule has 126 valence electrons. The maximum absolute atomic E-state index is 12.9.